The van der Waals surface area contributed by atoms with Crippen LogP contribution in [0.5, 0.6) is 0 Å². The first kappa shape index (κ1) is 16.7. The van der Waals surface area contributed by atoms with Gasteiger partial charge in [0.05, 0.1) is 19.8 Å². The van der Waals surface area contributed by atoms with E-state index in [0.29, 0.717) is 31.0 Å². The van der Waals surface area contributed by atoms with E-state index in [2.05, 4.69) is 17.2 Å². The lowest BCUT2D eigenvalue weighted by Crippen LogP contribution is -2.38. The number of hydrogen-bond donors (Lipinski definition) is 3. The molecule has 0 spiro atoms. The molecule has 0 aliphatic rings. The number of carbonyl (C=O) groups is 2. The minimum Gasteiger partial charge on any atom is -0.399 e. The zero-order chi connectivity index (χ0) is 15.5. The Kier molecular flexibility index (Phi) is 7.60. The van der Waals surface area contributed by atoms with E-state index in [0.717, 1.165) is 6.42 Å². The van der Waals surface area contributed by atoms with Gasteiger partial charge in [0, 0.05) is 17.8 Å². The van der Waals surface area contributed by atoms with E-state index < -0.39 is 0 Å². The predicted molar refractivity (Wildman–Crippen MR) is 81.8 cm³/mol. The Bertz CT molecular complexity index is 472. The largest absolute Gasteiger partial charge is 0.399 e. The zero-order valence-corrected chi connectivity index (χ0v) is 11.9. The summed E-state index contributed by atoms with van der Waals surface area (Å²) < 4.78 is 5.25. The first-order valence-corrected chi connectivity index (χ1v) is 6.72. The van der Waals surface area contributed by atoms with E-state index in [1.165, 1.54) is 0 Å². The van der Waals surface area contributed by atoms with Gasteiger partial charge in [-0.2, -0.15) is 0 Å². The fourth-order valence-electron chi connectivity index (χ4n) is 1.49. The normalized spacial score (nSPS) is 9.90. The molecule has 114 valence electrons. The number of nitrogens with one attached hydrogen (secondary N) is 2. The molecular formula is C15H21N3O3. The van der Waals surface area contributed by atoms with Gasteiger partial charge in [0.1, 0.15) is 0 Å². The summed E-state index contributed by atoms with van der Waals surface area (Å²) >= 11 is 0. The van der Waals surface area contributed by atoms with Crippen LogP contribution < -0.4 is 16.4 Å². The molecule has 0 aliphatic carbocycles. The molecule has 0 heterocycles. The predicted octanol–water partition coefficient (Wildman–Crippen LogP) is 0.708. The summed E-state index contributed by atoms with van der Waals surface area (Å²) in [5.74, 6) is -0.571. The molecule has 0 atom stereocenters. The quantitative estimate of drug-likeness (QED) is 0.355. The Morgan fingerprint density at radius 1 is 1.19 bits per heavy atom. The number of carbonyl (C=O) groups excluding carboxylic acids is 2. The van der Waals surface area contributed by atoms with Crippen molar-refractivity contribution in [2.45, 2.75) is 6.42 Å². The Morgan fingerprint density at radius 2 is 1.90 bits per heavy atom. The minimum absolute atomic E-state index is 0.0735. The van der Waals surface area contributed by atoms with Crippen molar-refractivity contribution >= 4 is 17.5 Å². The summed E-state index contributed by atoms with van der Waals surface area (Å²) in [5, 5.41) is 5.18. The van der Waals surface area contributed by atoms with Crippen molar-refractivity contribution in [1.82, 2.24) is 10.6 Å². The second-order valence-electron chi connectivity index (χ2n) is 4.34. The smallest absolute Gasteiger partial charge is 0.251 e. The average Bonchev–Trinajstić information content (AvgIpc) is 2.49. The fraction of sp³-hybridized carbons (Fsp3) is 0.333. The third-order valence-corrected chi connectivity index (χ3v) is 2.62. The maximum Gasteiger partial charge on any atom is 0.251 e. The lowest BCUT2D eigenvalue weighted by Gasteiger charge is -2.07. The molecule has 0 saturated heterocycles. The standard InChI is InChI=1S/C15H21N3O3/c1-2-3-9-21-10-8-17-14(19)11-18-15(20)12-4-6-13(16)7-5-12/h2,4-7H,1,3,8-11,16H2,(H,17,19)(H,18,20). The van der Waals surface area contributed by atoms with Crippen LogP contribution in [0, 0.1) is 0 Å². The van der Waals surface area contributed by atoms with E-state index in [4.69, 9.17) is 10.5 Å². The highest BCUT2D eigenvalue weighted by Gasteiger charge is 2.07. The lowest BCUT2D eigenvalue weighted by atomic mass is 10.2. The van der Waals surface area contributed by atoms with E-state index in [9.17, 15) is 9.59 Å². The molecule has 2 amide bonds. The van der Waals surface area contributed by atoms with Crippen LogP contribution in [-0.2, 0) is 9.53 Å². The first-order chi connectivity index (χ1) is 10.1. The van der Waals surface area contributed by atoms with Gasteiger partial charge in [-0.1, -0.05) is 6.08 Å². The summed E-state index contributed by atoms with van der Waals surface area (Å²) in [7, 11) is 0. The van der Waals surface area contributed by atoms with E-state index >= 15 is 0 Å². The van der Waals surface area contributed by atoms with Gasteiger partial charge in [-0.25, -0.2) is 0 Å². The number of hydrogen-bond acceptors (Lipinski definition) is 4. The second-order valence-corrected chi connectivity index (χ2v) is 4.34. The molecule has 0 aliphatic heterocycles. The van der Waals surface area contributed by atoms with Crippen molar-refractivity contribution < 1.29 is 14.3 Å². The fourth-order valence-corrected chi connectivity index (χ4v) is 1.49. The maximum absolute atomic E-state index is 11.7. The summed E-state index contributed by atoms with van der Waals surface area (Å²) in [6.45, 7) is 4.94. The van der Waals surface area contributed by atoms with Crippen LogP contribution in [0.3, 0.4) is 0 Å². The van der Waals surface area contributed by atoms with Crippen molar-refractivity contribution in [2.24, 2.45) is 0 Å². The number of anilines is 1. The average molecular weight is 291 g/mol. The summed E-state index contributed by atoms with van der Waals surface area (Å²) in [6.07, 6.45) is 2.55. The number of benzene rings is 1. The zero-order valence-electron chi connectivity index (χ0n) is 11.9. The van der Waals surface area contributed by atoms with Crippen LogP contribution in [0.25, 0.3) is 0 Å². The molecule has 21 heavy (non-hydrogen) atoms. The molecule has 0 aromatic heterocycles. The highest BCUT2D eigenvalue weighted by atomic mass is 16.5. The van der Waals surface area contributed by atoms with Gasteiger partial charge in [0.25, 0.3) is 5.91 Å². The molecule has 1 aromatic carbocycles. The second kappa shape index (κ2) is 9.55. The lowest BCUT2D eigenvalue weighted by molar-refractivity contribution is -0.120. The van der Waals surface area contributed by atoms with Gasteiger partial charge >= 0.3 is 0 Å². The van der Waals surface area contributed by atoms with Crippen LogP contribution in [-0.4, -0.2) is 38.1 Å². The number of ether oxygens (including phenoxy) is 1. The van der Waals surface area contributed by atoms with Crippen LogP contribution in [0.2, 0.25) is 0 Å². The van der Waals surface area contributed by atoms with Gasteiger partial charge in [0.15, 0.2) is 0 Å². The highest BCUT2D eigenvalue weighted by Crippen LogP contribution is 2.04. The molecule has 0 bridgehead atoms. The Hall–Kier alpha value is -2.34. The molecular weight excluding hydrogens is 270 g/mol. The number of nitrogens with two attached hydrogens (primary N) is 1. The Labute approximate surface area is 124 Å². The van der Waals surface area contributed by atoms with Gasteiger partial charge < -0.3 is 21.1 Å². The molecule has 0 radical (unpaired) electrons. The minimum atomic E-state index is -0.313. The first-order valence-electron chi connectivity index (χ1n) is 6.72. The molecule has 6 heteroatoms. The molecule has 4 N–H and O–H groups in total. The van der Waals surface area contributed by atoms with Crippen molar-refractivity contribution in [3.63, 3.8) is 0 Å². The molecule has 0 fully saturated rings. The van der Waals surface area contributed by atoms with E-state index in [1.807, 2.05) is 0 Å². The van der Waals surface area contributed by atoms with Crippen molar-refractivity contribution in [3.8, 4) is 0 Å². The molecule has 1 rings (SSSR count). The summed E-state index contributed by atoms with van der Waals surface area (Å²) in [6, 6.07) is 6.48. The van der Waals surface area contributed by atoms with Crippen LogP contribution in [0.1, 0.15) is 16.8 Å². The SMILES string of the molecule is C=CCCOCCNC(=O)CNC(=O)c1ccc(N)cc1. The molecule has 0 saturated carbocycles. The monoisotopic (exact) mass is 291 g/mol. The van der Waals surface area contributed by atoms with Crippen LogP contribution >= 0.6 is 0 Å². The third kappa shape index (κ3) is 7.12. The topological polar surface area (TPSA) is 93.5 Å². The molecule has 0 unspecified atom stereocenters. The Balaban J connectivity index is 2.16. The molecule has 1 aromatic rings. The van der Waals surface area contributed by atoms with Crippen molar-refractivity contribution in [1.29, 1.82) is 0 Å². The molecule has 6 nitrogen and oxygen atoms in total. The van der Waals surface area contributed by atoms with Crippen molar-refractivity contribution in [2.75, 3.05) is 32.0 Å². The van der Waals surface area contributed by atoms with Crippen LogP contribution in [0.4, 0.5) is 5.69 Å². The number of nitrogen functional groups attached to an aromatic ring is 1. The van der Waals surface area contributed by atoms with Gasteiger partial charge in [-0.3, -0.25) is 9.59 Å². The summed E-state index contributed by atoms with van der Waals surface area (Å²) in [5.41, 5.74) is 6.58. The number of amides is 2. The van der Waals surface area contributed by atoms with Gasteiger partial charge in [-0.15, -0.1) is 6.58 Å². The maximum atomic E-state index is 11.7. The van der Waals surface area contributed by atoms with Crippen LogP contribution in [0.15, 0.2) is 36.9 Å². The van der Waals surface area contributed by atoms with Gasteiger partial charge in [-0.05, 0) is 30.7 Å². The van der Waals surface area contributed by atoms with E-state index in [-0.39, 0.29) is 18.4 Å². The van der Waals surface area contributed by atoms with Crippen molar-refractivity contribution in [3.05, 3.63) is 42.5 Å². The summed E-state index contributed by atoms with van der Waals surface area (Å²) in [4.78, 5) is 23.2. The Morgan fingerprint density at radius 3 is 2.57 bits per heavy atom. The third-order valence-electron chi connectivity index (χ3n) is 2.62. The van der Waals surface area contributed by atoms with Gasteiger partial charge in [0.2, 0.25) is 5.91 Å². The number of rotatable bonds is 9. The van der Waals surface area contributed by atoms with E-state index in [1.54, 1.807) is 30.3 Å². The highest BCUT2D eigenvalue weighted by molar-refractivity contribution is 5.96.